The second-order valence-corrected chi connectivity index (χ2v) is 2.88. The minimum atomic E-state index is -1.10. The molecule has 0 saturated carbocycles. The second kappa shape index (κ2) is 4.72. The van der Waals surface area contributed by atoms with Crippen molar-refractivity contribution in [3.05, 3.63) is 33.9 Å². The molecule has 0 spiro atoms. The lowest BCUT2D eigenvalue weighted by atomic mass is 10.1. The number of rotatable bonds is 4. The number of nitro benzene ring substituents is 1. The lowest BCUT2D eigenvalue weighted by Gasteiger charge is -2.11. The summed E-state index contributed by atoms with van der Waals surface area (Å²) in [5, 5.41) is 28.6. The number of non-ortho nitro benzene ring substituents is 1. The van der Waals surface area contributed by atoms with Gasteiger partial charge in [-0.1, -0.05) is 0 Å². The number of aliphatic hydroxyl groups excluding tert-OH is 2. The molecule has 1 aromatic rings. The predicted molar refractivity (Wildman–Crippen MR) is 51.7 cm³/mol. The smallest absolute Gasteiger partial charge is 0.273 e. The highest BCUT2D eigenvalue weighted by molar-refractivity contribution is 5.45. The first-order valence-electron chi connectivity index (χ1n) is 4.21. The number of hydrogen-bond donors (Lipinski definition) is 2. The summed E-state index contributed by atoms with van der Waals surface area (Å²) in [5.41, 5.74) is 0.200. The van der Waals surface area contributed by atoms with E-state index in [1.807, 2.05) is 0 Å². The van der Waals surface area contributed by atoms with Crippen molar-refractivity contribution >= 4 is 5.69 Å². The quantitative estimate of drug-likeness (QED) is 0.565. The lowest BCUT2D eigenvalue weighted by molar-refractivity contribution is -0.385. The van der Waals surface area contributed by atoms with Crippen LogP contribution in [0.2, 0.25) is 0 Å². The molecule has 1 atom stereocenters. The van der Waals surface area contributed by atoms with E-state index < -0.39 is 17.6 Å². The fourth-order valence-corrected chi connectivity index (χ4v) is 1.19. The summed E-state index contributed by atoms with van der Waals surface area (Å²) in [6.07, 6.45) is -1.10. The Hall–Kier alpha value is -1.66. The normalized spacial score (nSPS) is 12.2. The first-order chi connectivity index (χ1) is 7.10. The number of benzene rings is 1. The Bertz CT molecular complexity index is 366. The Morgan fingerprint density at radius 3 is 2.73 bits per heavy atom. The lowest BCUT2D eigenvalue weighted by Crippen LogP contribution is -2.05. The Kier molecular flexibility index (Phi) is 3.59. The summed E-state index contributed by atoms with van der Waals surface area (Å²) in [5.74, 6) is 0.186. The molecular weight excluding hydrogens is 202 g/mol. The molecule has 0 heterocycles. The van der Waals surface area contributed by atoms with Crippen LogP contribution >= 0.6 is 0 Å². The van der Waals surface area contributed by atoms with Crippen LogP contribution in [0.5, 0.6) is 5.75 Å². The van der Waals surface area contributed by atoms with Crippen molar-refractivity contribution in [2.24, 2.45) is 0 Å². The van der Waals surface area contributed by atoms with Gasteiger partial charge in [0.2, 0.25) is 0 Å². The monoisotopic (exact) mass is 213 g/mol. The predicted octanol–water partition coefficient (Wildman–Crippen LogP) is 0.629. The highest BCUT2D eigenvalue weighted by atomic mass is 16.6. The molecule has 0 saturated heterocycles. The Morgan fingerprint density at radius 1 is 1.60 bits per heavy atom. The molecule has 0 aromatic heterocycles. The molecule has 2 N–H and O–H groups in total. The van der Waals surface area contributed by atoms with E-state index in [9.17, 15) is 15.2 Å². The minimum absolute atomic E-state index is 0.124. The highest BCUT2D eigenvalue weighted by Gasteiger charge is 2.16. The van der Waals surface area contributed by atoms with Crippen molar-refractivity contribution in [2.75, 3.05) is 13.7 Å². The van der Waals surface area contributed by atoms with Crippen LogP contribution in [0.3, 0.4) is 0 Å². The molecular formula is C9H11NO5. The van der Waals surface area contributed by atoms with Gasteiger partial charge in [0.25, 0.3) is 5.69 Å². The van der Waals surface area contributed by atoms with Crippen molar-refractivity contribution in [1.82, 2.24) is 0 Å². The standard InChI is InChI=1S/C9H11NO5/c1-15-9-4-6(10(13)14)2-3-7(9)8(12)5-11/h2-4,8,11-12H,5H2,1H3. The van der Waals surface area contributed by atoms with E-state index >= 15 is 0 Å². The number of ether oxygens (including phenoxy) is 1. The van der Waals surface area contributed by atoms with Crippen molar-refractivity contribution in [2.45, 2.75) is 6.10 Å². The number of hydrogen-bond acceptors (Lipinski definition) is 5. The molecule has 1 aromatic carbocycles. The van der Waals surface area contributed by atoms with Crippen LogP contribution in [-0.4, -0.2) is 28.9 Å². The average Bonchev–Trinajstić information content (AvgIpc) is 2.27. The van der Waals surface area contributed by atoms with Crippen LogP contribution in [-0.2, 0) is 0 Å². The van der Waals surface area contributed by atoms with Crippen LogP contribution in [0.25, 0.3) is 0 Å². The third-order valence-corrected chi connectivity index (χ3v) is 1.96. The molecule has 1 unspecified atom stereocenters. The Labute approximate surface area is 85.9 Å². The molecule has 0 aliphatic heterocycles. The molecule has 0 aliphatic carbocycles. The molecule has 6 heteroatoms. The molecule has 0 bridgehead atoms. The van der Waals surface area contributed by atoms with Gasteiger partial charge in [-0.05, 0) is 6.07 Å². The Balaban J connectivity index is 3.14. The van der Waals surface area contributed by atoms with Crippen LogP contribution in [0, 0.1) is 10.1 Å². The molecule has 82 valence electrons. The molecule has 1 rings (SSSR count). The first kappa shape index (κ1) is 11.4. The third kappa shape index (κ3) is 2.42. The first-order valence-corrected chi connectivity index (χ1v) is 4.21. The van der Waals surface area contributed by atoms with Gasteiger partial charge >= 0.3 is 0 Å². The van der Waals surface area contributed by atoms with Crippen LogP contribution in [0.1, 0.15) is 11.7 Å². The van der Waals surface area contributed by atoms with E-state index in [1.165, 1.54) is 25.3 Å². The number of aliphatic hydroxyl groups is 2. The SMILES string of the molecule is COc1cc([N+](=O)[O-])ccc1C(O)CO. The molecule has 0 fully saturated rings. The van der Waals surface area contributed by atoms with Gasteiger partial charge in [-0.25, -0.2) is 0 Å². The van der Waals surface area contributed by atoms with Gasteiger partial charge in [0.05, 0.1) is 24.7 Å². The van der Waals surface area contributed by atoms with E-state index in [0.717, 1.165) is 0 Å². The fraction of sp³-hybridized carbons (Fsp3) is 0.333. The fourth-order valence-electron chi connectivity index (χ4n) is 1.19. The van der Waals surface area contributed by atoms with Crippen molar-refractivity contribution in [3.8, 4) is 5.75 Å². The zero-order valence-electron chi connectivity index (χ0n) is 8.08. The number of nitro groups is 1. The summed E-state index contributed by atoms with van der Waals surface area (Å²) >= 11 is 0. The van der Waals surface area contributed by atoms with E-state index in [4.69, 9.17) is 9.84 Å². The largest absolute Gasteiger partial charge is 0.496 e. The summed E-state index contributed by atoms with van der Waals surface area (Å²) in [6, 6.07) is 3.81. The molecule has 15 heavy (non-hydrogen) atoms. The number of nitrogens with zero attached hydrogens (tertiary/aromatic N) is 1. The van der Waals surface area contributed by atoms with E-state index in [0.29, 0.717) is 5.56 Å². The van der Waals surface area contributed by atoms with Gasteiger partial charge < -0.3 is 14.9 Å². The van der Waals surface area contributed by atoms with Crippen molar-refractivity contribution in [3.63, 3.8) is 0 Å². The van der Waals surface area contributed by atoms with Crippen LogP contribution in [0.15, 0.2) is 18.2 Å². The van der Waals surface area contributed by atoms with Crippen molar-refractivity contribution < 1.29 is 19.9 Å². The third-order valence-electron chi connectivity index (χ3n) is 1.96. The topological polar surface area (TPSA) is 92.8 Å². The van der Waals surface area contributed by atoms with E-state index in [-0.39, 0.29) is 11.4 Å². The maximum atomic E-state index is 10.5. The molecule has 0 amide bonds. The zero-order chi connectivity index (χ0) is 11.4. The van der Waals surface area contributed by atoms with Gasteiger partial charge in [0.15, 0.2) is 0 Å². The summed E-state index contributed by atoms with van der Waals surface area (Å²) in [6.45, 7) is -0.464. The molecule has 0 aliphatic rings. The number of methoxy groups -OCH3 is 1. The van der Waals surface area contributed by atoms with Gasteiger partial charge in [-0.15, -0.1) is 0 Å². The summed E-state index contributed by atoms with van der Waals surface area (Å²) in [4.78, 5) is 9.90. The van der Waals surface area contributed by atoms with Crippen LogP contribution in [0.4, 0.5) is 5.69 Å². The average molecular weight is 213 g/mol. The van der Waals surface area contributed by atoms with Crippen molar-refractivity contribution in [1.29, 1.82) is 0 Å². The van der Waals surface area contributed by atoms with Gasteiger partial charge in [0, 0.05) is 11.6 Å². The maximum Gasteiger partial charge on any atom is 0.273 e. The van der Waals surface area contributed by atoms with Crippen LogP contribution < -0.4 is 4.74 Å². The van der Waals surface area contributed by atoms with E-state index in [1.54, 1.807) is 0 Å². The maximum absolute atomic E-state index is 10.5. The summed E-state index contributed by atoms with van der Waals surface area (Å²) < 4.78 is 4.88. The summed E-state index contributed by atoms with van der Waals surface area (Å²) in [7, 11) is 1.34. The van der Waals surface area contributed by atoms with Gasteiger partial charge in [-0.3, -0.25) is 10.1 Å². The highest BCUT2D eigenvalue weighted by Crippen LogP contribution is 2.28. The zero-order valence-corrected chi connectivity index (χ0v) is 8.08. The second-order valence-electron chi connectivity index (χ2n) is 2.88. The molecule has 0 radical (unpaired) electrons. The van der Waals surface area contributed by atoms with E-state index in [2.05, 4.69) is 0 Å². The van der Waals surface area contributed by atoms with Gasteiger partial charge in [0.1, 0.15) is 11.9 Å². The molecule has 6 nitrogen and oxygen atoms in total. The minimum Gasteiger partial charge on any atom is -0.496 e. The van der Waals surface area contributed by atoms with Gasteiger partial charge in [-0.2, -0.15) is 0 Å². The Morgan fingerprint density at radius 2 is 2.27 bits per heavy atom.